The van der Waals surface area contributed by atoms with Crippen molar-refractivity contribution in [1.29, 1.82) is 0 Å². The number of rotatable bonds is 8. The van der Waals surface area contributed by atoms with Gasteiger partial charge in [0.1, 0.15) is 23.1 Å². The van der Waals surface area contributed by atoms with Gasteiger partial charge in [-0.3, -0.25) is 38.1 Å². The number of carbonyl (C=O) groups excluding carboxylic acids is 2. The highest BCUT2D eigenvalue weighted by Gasteiger charge is 2.42. The van der Waals surface area contributed by atoms with Gasteiger partial charge >= 0.3 is 12.4 Å². The third-order valence-electron chi connectivity index (χ3n) is 11.5. The van der Waals surface area contributed by atoms with Crippen molar-refractivity contribution in [2.45, 2.75) is 32.1 Å². The van der Waals surface area contributed by atoms with E-state index in [1.165, 1.54) is 47.5 Å². The third kappa shape index (κ3) is 6.89. The van der Waals surface area contributed by atoms with E-state index in [1.807, 2.05) is 0 Å². The Morgan fingerprint density at radius 2 is 1.33 bits per heavy atom. The third-order valence-corrected chi connectivity index (χ3v) is 11.7. The Kier molecular flexibility index (Phi) is 9.60. The topological polar surface area (TPSA) is 174 Å². The molecule has 0 radical (unpaired) electrons. The van der Waals surface area contributed by atoms with Crippen LogP contribution in [0.2, 0.25) is 5.15 Å². The summed E-state index contributed by atoms with van der Waals surface area (Å²) < 4.78 is 91.6. The number of anilines is 2. The molecule has 24 heteroatoms. The molecule has 334 valence electrons. The average Bonchev–Trinajstić information content (AvgIpc) is 4.12. The van der Waals surface area contributed by atoms with Crippen LogP contribution < -0.4 is 19.9 Å². The van der Waals surface area contributed by atoms with Crippen LogP contribution >= 0.6 is 11.6 Å². The highest BCUT2D eigenvalue weighted by atomic mass is 35.5. The SMILES string of the molecule is Cn1ncc(-c2nncn2Cn2nc[n+](C)c2-c2cnn(C)c2-c2cc(Cl)nc(N3Cc4c(cccc4C(F)(F)F)C3=O)c2)c1-c1cc(N2Cc3c(cccc3C(F)(F)F)C2=O)[nH]c(=O)c1. The van der Waals surface area contributed by atoms with Crippen molar-refractivity contribution in [3.8, 4) is 45.3 Å². The van der Waals surface area contributed by atoms with Crippen molar-refractivity contribution in [3.05, 3.63) is 135 Å². The molecule has 2 aliphatic rings. The Hall–Kier alpha value is -7.95. The standard InChI is InChI=1S/C42H29ClF6N14O3/c1-57-19-53-63(38(57)26-15-52-59(3)36(26)21-10-31(43)54-32(11-21)61-16-27-23(39(61)65)6-4-8-29(27)41(44,45)46)20-60-18-50-56-37(60)25-14-51-58(2)35(25)22-12-33(55-34(64)13-22)62-17-28-24(40(62)66)7-5-9-30(28)42(47,48)49/h4-15,18-19H,16-17,20H2,1-3H3/p+1. The number of nitrogens with zero attached hydrogens (tertiary/aromatic N) is 13. The van der Waals surface area contributed by atoms with Crippen LogP contribution in [0.4, 0.5) is 38.0 Å². The number of aromatic nitrogens is 12. The molecule has 0 unspecified atom stereocenters. The van der Waals surface area contributed by atoms with Crippen molar-refractivity contribution in [2.75, 3.05) is 9.80 Å². The molecule has 0 spiro atoms. The van der Waals surface area contributed by atoms with Crippen LogP contribution in [0.15, 0.2) is 90.5 Å². The number of pyridine rings is 2. The van der Waals surface area contributed by atoms with Gasteiger partial charge in [-0.15, -0.1) is 10.2 Å². The smallest absolute Gasteiger partial charge is 0.308 e. The average molecular weight is 928 g/mol. The minimum Gasteiger partial charge on any atom is -0.308 e. The van der Waals surface area contributed by atoms with Gasteiger partial charge in [0.2, 0.25) is 5.56 Å². The molecule has 0 saturated heterocycles. The van der Waals surface area contributed by atoms with Crippen molar-refractivity contribution < 1.29 is 40.5 Å². The lowest BCUT2D eigenvalue weighted by molar-refractivity contribution is -0.661. The Bertz CT molecular complexity index is 3380. The minimum atomic E-state index is -4.70. The summed E-state index contributed by atoms with van der Waals surface area (Å²) in [5, 5.41) is 22.0. The molecular weight excluding hydrogens is 898 g/mol. The lowest BCUT2D eigenvalue weighted by Gasteiger charge is -2.17. The number of fused-ring (bicyclic) bond motifs is 2. The van der Waals surface area contributed by atoms with Crippen LogP contribution in [0.3, 0.4) is 0 Å². The number of carbonyl (C=O) groups is 2. The van der Waals surface area contributed by atoms with Crippen LogP contribution in [-0.2, 0) is 53.3 Å². The normalized spacial score (nSPS) is 13.9. The van der Waals surface area contributed by atoms with Gasteiger partial charge in [-0.05, 0) is 53.6 Å². The molecule has 2 aliphatic heterocycles. The highest BCUT2D eigenvalue weighted by molar-refractivity contribution is 6.30. The molecule has 0 aliphatic carbocycles. The van der Waals surface area contributed by atoms with Crippen molar-refractivity contribution in [2.24, 2.45) is 21.1 Å². The highest BCUT2D eigenvalue weighted by Crippen LogP contribution is 2.42. The maximum atomic E-state index is 13.9. The van der Waals surface area contributed by atoms with E-state index >= 15 is 0 Å². The number of aryl methyl sites for hydroxylation is 3. The van der Waals surface area contributed by atoms with Crippen LogP contribution in [-0.4, -0.2) is 65.9 Å². The molecular formula is C42H30ClF6N14O3+. The fourth-order valence-corrected chi connectivity index (χ4v) is 8.81. The first-order valence-corrected chi connectivity index (χ1v) is 20.0. The number of benzene rings is 2. The van der Waals surface area contributed by atoms with Crippen LogP contribution in [0.1, 0.15) is 43.0 Å². The van der Waals surface area contributed by atoms with E-state index in [1.54, 1.807) is 64.3 Å². The van der Waals surface area contributed by atoms with Crippen LogP contribution in [0.5, 0.6) is 0 Å². The molecule has 6 aromatic heterocycles. The maximum Gasteiger partial charge on any atom is 0.416 e. The molecule has 17 nitrogen and oxygen atoms in total. The number of alkyl halides is 6. The zero-order chi connectivity index (χ0) is 46.6. The minimum absolute atomic E-state index is 0.00565. The Morgan fingerprint density at radius 3 is 1.98 bits per heavy atom. The second kappa shape index (κ2) is 15.1. The summed E-state index contributed by atoms with van der Waals surface area (Å²) in [7, 11) is 5.06. The predicted octanol–water partition coefficient (Wildman–Crippen LogP) is 6.04. The maximum absolute atomic E-state index is 13.9. The Labute approximate surface area is 371 Å². The molecule has 2 aromatic carbocycles. The van der Waals surface area contributed by atoms with Gasteiger partial charge in [0, 0.05) is 47.5 Å². The van der Waals surface area contributed by atoms with Crippen molar-refractivity contribution in [1.82, 2.24) is 54.1 Å². The van der Waals surface area contributed by atoms with Crippen LogP contribution in [0, 0.1) is 0 Å². The summed E-state index contributed by atoms with van der Waals surface area (Å²) in [6.45, 7) is -0.807. The van der Waals surface area contributed by atoms with Gasteiger partial charge in [-0.25, -0.2) is 9.55 Å². The van der Waals surface area contributed by atoms with Gasteiger partial charge in [0.15, 0.2) is 12.5 Å². The zero-order valence-electron chi connectivity index (χ0n) is 34.4. The number of aromatic amines is 1. The summed E-state index contributed by atoms with van der Waals surface area (Å²) >= 11 is 6.55. The van der Waals surface area contributed by atoms with Gasteiger partial charge in [0.05, 0.1) is 66.2 Å². The summed E-state index contributed by atoms with van der Waals surface area (Å²) in [5.74, 6) is -0.580. The quantitative estimate of drug-likeness (QED) is 0.108. The van der Waals surface area contributed by atoms with E-state index in [4.69, 9.17) is 11.6 Å². The molecule has 66 heavy (non-hydrogen) atoms. The largest absolute Gasteiger partial charge is 0.416 e. The van der Waals surface area contributed by atoms with E-state index < -0.39 is 47.4 Å². The fourth-order valence-electron chi connectivity index (χ4n) is 8.61. The van der Waals surface area contributed by atoms with E-state index in [9.17, 15) is 40.7 Å². The summed E-state index contributed by atoms with van der Waals surface area (Å²) in [4.78, 5) is 49.3. The molecule has 1 N–H and O–H groups in total. The number of hydrogen-bond acceptors (Lipinski definition) is 9. The zero-order valence-corrected chi connectivity index (χ0v) is 35.1. The molecule has 0 fully saturated rings. The van der Waals surface area contributed by atoms with Crippen LogP contribution in [0.25, 0.3) is 45.3 Å². The van der Waals surface area contributed by atoms with Gasteiger partial charge in [0.25, 0.3) is 24.0 Å². The lowest BCUT2D eigenvalue weighted by atomic mass is 10.0. The summed E-state index contributed by atoms with van der Waals surface area (Å²) in [6, 6.07) is 12.7. The molecule has 0 saturated carbocycles. The Balaban J connectivity index is 0.978. The molecule has 0 bridgehead atoms. The van der Waals surface area contributed by atoms with Crippen molar-refractivity contribution >= 4 is 35.1 Å². The monoisotopic (exact) mass is 927 g/mol. The van der Waals surface area contributed by atoms with E-state index in [2.05, 4.69) is 35.5 Å². The predicted molar refractivity (Wildman–Crippen MR) is 221 cm³/mol. The number of H-pyrrole nitrogens is 1. The number of amides is 2. The van der Waals surface area contributed by atoms with Crippen molar-refractivity contribution in [3.63, 3.8) is 0 Å². The molecule has 8 heterocycles. The first-order chi connectivity index (χ1) is 31.4. The Morgan fingerprint density at radius 1 is 0.742 bits per heavy atom. The summed E-state index contributed by atoms with van der Waals surface area (Å²) in [5.41, 5.74) is -0.542. The number of hydrogen-bond donors (Lipinski definition) is 1. The second-order valence-electron chi connectivity index (χ2n) is 15.5. The molecule has 0 atom stereocenters. The summed E-state index contributed by atoms with van der Waals surface area (Å²) in [6.07, 6.45) is -3.28. The molecule has 8 aromatic rings. The number of halogens is 7. The lowest BCUT2D eigenvalue weighted by Crippen LogP contribution is -2.29. The first-order valence-electron chi connectivity index (χ1n) is 19.7. The van der Waals surface area contributed by atoms with E-state index in [0.29, 0.717) is 33.9 Å². The van der Waals surface area contributed by atoms with E-state index in [-0.39, 0.29) is 63.6 Å². The van der Waals surface area contributed by atoms with E-state index in [0.717, 1.165) is 28.0 Å². The fraction of sp³-hybridized carbons (Fsp3) is 0.190. The first kappa shape index (κ1) is 42.0. The van der Waals surface area contributed by atoms with Gasteiger partial charge in [-0.1, -0.05) is 28.4 Å². The molecule has 10 rings (SSSR count). The second-order valence-corrected chi connectivity index (χ2v) is 15.9. The number of nitrogens with one attached hydrogen (secondary N) is 1. The van der Waals surface area contributed by atoms with Gasteiger partial charge in [-0.2, -0.15) is 36.5 Å². The molecule has 2 amide bonds. The van der Waals surface area contributed by atoms with Gasteiger partial charge < -0.3 is 4.98 Å².